The summed E-state index contributed by atoms with van der Waals surface area (Å²) in [6.45, 7) is 1.04. The third kappa shape index (κ3) is 3.39. The molecule has 0 saturated carbocycles. The fraction of sp³-hybridized carbons (Fsp3) is 0.333. The van der Waals surface area contributed by atoms with Gasteiger partial charge in [-0.25, -0.2) is 0 Å². The van der Waals surface area contributed by atoms with Crippen LogP contribution in [0.15, 0.2) is 54.6 Å². The number of hydrogen-bond acceptors (Lipinski definition) is 1. The van der Waals surface area contributed by atoms with E-state index in [0.717, 1.165) is 23.0 Å². The van der Waals surface area contributed by atoms with E-state index < -0.39 is 0 Å². The molecule has 1 fully saturated rings. The first-order chi connectivity index (χ1) is 11.7. The van der Waals surface area contributed by atoms with Crippen molar-refractivity contribution in [1.82, 2.24) is 4.90 Å². The molecular weight excluding hydrogens is 337 g/mol. The van der Waals surface area contributed by atoms with Gasteiger partial charge < -0.3 is 0 Å². The Kier molecular flexibility index (Phi) is 4.67. The molecule has 1 saturated heterocycles. The van der Waals surface area contributed by atoms with Crippen molar-refractivity contribution in [1.29, 1.82) is 0 Å². The van der Waals surface area contributed by atoms with Gasteiger partial charge in [-0.15, -0.1) is 0 Å². The van der Waals surface area contributed by atoms with Crippen molar-refractivity contribution in [2.75, 3.05) is 0 Å². The van der Waals surface area contributed by atoms with Crippen LogP contribution in [0.25, 0.3) is 5.57 Å². The predicted octanol–water partition coefficient (Wildman–Crippen LogP) is 6.20. The van der Waals surface area contributed by atoms with Gasteiger partial charge in [0.05, 0.1) is 0 Å². The van der Waals surface area contributed by atoms with E-state index in [1.54, 1.807) is 6.07 Å². The number of fused-ring (bicyclic) bond motifs is 2. The molecule has 0 N–H and O–H groups in total. The highest BCUT2D eigenvalue weighted by molar-refractivity contribution is 6.34. The van der Waals surface area contributed by atoms with E-state index in [2.05, 4.69) is 41.3 Å². The van der Waals surface area contributed by atoms with Crippen LogP contribution in [0, 0.1) is 0 Å². The van der Waals surface area contributed by atoms with Gasteiger partial charge in [0, 0.05) is 28.7 Å². The second-order valence-corrected chi connectivity index (χ2v) is 7.74. The van der Waals surface area contributed by atoms with Crippen LogP contribution < -0.4 is 0 Å². The zero-order valence-corrected chi connectivity index (χ0v) is 15.1. The SMILES string of the molecule is Clc1cc(Cl)cc(C2=CC3CCCC(C2)N3Cc2ccccc2)c1. The van der Waals surface area contributed by atoms with Crippen molar-refractivity contribution >= 4 is 28.8 Å². The first-order valence-corrected chi connectivity index (χ1v) is 9.41. The molecule has 2 aromatic carbocycles. The molecule has 2 bridgehead atoms. The number of rotatable bonds is 3. The lowest BCUT2D eigenvalue weighted by atomic mass is 9.82. The van der Waals surface area contributed by atoms with E-state index in [9.17, 15) is 0 Å². The Labute approximate surface area is 153 Å². The van der Waals surface area contributed by atoms with Crippen LogP contribution in [-0.2, 0) is 6.54 Å². The lowest BCUT2D eigenvalue weighted by Crippen LogP contribution is -2.47. The van der Waals surface area contributed by atoms with Gasteiger partial charge in [0.2, 0.25) is 0 Å². The van der Waals surface area contributed by atoms with Gasteiger partial charge in [-0.2, -0.15) is 0 Å². The van der Waals surface area contributed by atoms with Gasteiger partial charge in [0.15, 0.2) is 0 Å². The van der Waals surface area contributed by atoms with Gasteiger partial charge in [-0.05, 0) is 54.2 Å². The minimum atomic E-state index is 0.519. The Balaban J connectivity index is 1.62. The molecule has 2 unspecified atom stereocenters. The number of halogens is 2. The molecule has 0 aliphatic carbocycles. The maximum atomic E-state index is 6.20. The van der Waals surface area contributed by atoms with Crippen molar-refractivity contribution in [3.05, 3.63) is 75.8 Å². The molecule has 2 heterocycles. The molecule has 2 aliphatic rings. The van der Waals surface area contributed by atoms with Crippen LogP contribution in [0.3, 0.4) is 0 Å². The molecule has 4 rings (SSSR count). The smallest absolute Gasteiger partial charge is 0.0426 e. The first kappa shape index (κ1) is 16.2. The Morgan fingerprint density at radius 3 is 2.42 bits per heavy atom. The fourth-order valence-corrected chi connectivity index (χ4v) is 4.64. The zero-order valence-electron chi connectivity index (χ0n) is 13.6. The Morgan fingerprint density at radius 1 is 0.958 bits per heavy atom. The molecule has 0 amide bonds. The van der Waals surface area contributed by atoms with Crippen LogP contribution >= 0.6 is 23.2 Å². The van der Waals surface area contributed by atoms with Gasteiger partial charge in [-0.1, -0.05) is 66.0 Å². The van der Waals surface area contributed by atoms with Crippen molar-refractivity contribution in [2.24, 2.45) is 0 Å². The predicted molar refractivity (Wildman–Crippen MR) is 102 cm³/mol. The second-order valence-electron chi connectivity index (χ2n) is 6.86. The highest BCUT2D eigenvalue weighted by Crippen LogP contribution is 2.39. The monoisotopic (exact) mass is 357 g/mol. The Morgan fingerprint density at radius 2 is 1.71 bits per heavy atom. The van der Waals surface area contributed by atoms with E-state index in [4.69, 9.17) is 23.2 Å². The molecule has 1 nitrogen and oxygen atoms in total. The van der Waals surface area contributed by atoms with E-state index in [1.807, 2.05) is 12.1 Å². The van der Waals surface area contributed by atoms with E-state index in [-0.39, 0.29) is 0 Å². The topological polar surface area (TPSA) is 3.24 Å². The van der Waals surface area contributed by atoms with Crippen LogP contribution in [-0.4, -0.2) is 17.0 Å². The Hall–Kier alpha value is -1.28. The minimum Gasteiger partial charge on any atom is -0.289 e. The highest BCUT2D eigenvalue weighted by Gasteiger charge is 2.34. The third-order valence-corrected chi connectivity index (χ3v) is 5.66. The maximum Gasteiger partial charge on any atom is 0.0426 e. The minimum absolute atomic E-state index is 0.519. The third-order valence-electron chi connectivity index (χ3n) is 5.22. The fourth-order valence-electron chi connectivity index (χ4n) is 4.11. The van der Waals surface area contributed by atoms with Crippen LogP contribution in [0.5, 0.6) is 0 Å². The van der Waals surface area contributed by atoms with Gasteiger partial charge in [0.1, 0.15) is 0 Å². The summed E-state index contributed by atoms with van der Waals surface area (Å²) in [6, 6.07) is 17.8. The van der Waals surface area contributed by atoms with Crippen molar-refractivity contribution in [3.8, 4) is 0 Å². The number of hydrogen-bond donors (Lipinski definition) is 0. The standard InChI is InChI=1S/C21H21Cl2N/c22-18-9-16(10-19(23)13-18)17-11-20-7-4-8-21(12-17)24(20)14-15-5-2-1-3-6-15/h1-3,5-6,9-11,13,20-21H,4,7-8,12,14H2. The summed E-state index contributed by atoms with van der Waals surface area (Å²) in [6.07, 6.45) is 7.36. The summed E-state index contributed by atoms with van der Waals surface area (Å²) < 4.78 is 0. The van der Waals surface area contributed by atoms with Gasteiger partial charge in [0.25, 0.3) is 0 Å². The summed E-state index contributed by atoms with van der Waals surface area (Å²) >= 11 is 12.4. The molecule has 124 valence electrons. The molecule has 3 heteroatoms. The number of benzene rings is 2. The maximum absolute atomic E-state index is 6.20. The van der Waals surface area contributed by atoms with E-state index in [0.29, 0.717) is 12.1 Å². The molecule has 2 aliphatic heterocycles. The molecule has 0 aromatic heterocycles. The normalized spacial score (nSPS) is 23.8. The molecule has 0 spiro atoms. The van der Waals surface area contributed by atoms with Crippen molar-refractivity contribution in [3.63, 3.8) is 0 Å². The van der Waals surface area contributed by atoms with Crippen molar-refractivity contribution in [2.45, 2.75) is 44.3 Å². The quantitative estimate of drug-likeness (QED) is 0.631. The average molecular weight is 358 g/mol. The van der Waals surface area contributed by atoms with Gasteiger partial charge >= 0.3 is 0 Å². The lowest BCUT2D eigenvalue weighted by Gasteiger charge is -2.45. The summed E-state index contributed by atoms with van der Waals surface area (Å²) in [7, 11) is 0. The molecule has 2 aromatic rings. The van der Waals surface area contributed by atoms with Crippen LogP contribution in [0.2, 0.25) is 10.0 Å². The zero-order chi connectivity index (χ0) is 16.5. The summed E-state index contributed by atoms with van der Waals surface area (Å²) in [5.74, 6) is 0. The lowest BCUT2D eigenvalue weighted by molar-refractivity contribution is 0.0951. The number of nitrogens with zero attached hydrogens (tertiary/aromatic N) is 1. The van der Waals surface area contributed by atoms with E-state index >= 15 is 0 Å². The summed E-state index contributed by atoms with van der Waals surface area (Å²) in [4.78, 5) is 2.68. The molecule has 24 heavy (non-hydrogen) atoms. The second kappa shape index (κ2) is 6.92. The first-order valence-electron chi connectivity index (χ1n) is 8.66. The van der Waals surface area contributed by atoms with Crippen LogP contribution in [0.1, 0.15) is 36.8 Å². The molecule has 2 atom stereocenters. The summed E-state index contributed by atoms with van der Waals surface area (Å²) in [5.41, 5.74) is 3.99. The molecule has 0 radical (unpaired) electrons. The van der Waals surface area contributed by atoms with E-state index in [1.165, 1.54) is 36.0 Å². The Bertz CT molecular complexity index is 733. The number of piperidine rings is 1. The summed E-state index contributed by atoms with van der Waals surface area (Å²) in [5, 5.41) is 1.44. The molecular formula is C21H21Cl2N. The highest BCUT2D eigenvalue weighted by atomic mass is 35.5. The van der Waals surface area contributed by atoms with Gasteiger partial charge in [-0.3, -0.25) is 4.90 Å². The van der Waals surface area contributed by atoms with Crippen molar-refractivity contribution < 1.29 is 0 Å². The average Bonchev–Trinajstić information content (AvgIpc) is 2.54. The largest absolute Gasteiger partial charge is 0.289 e. The van der Waals surface area contributed by atoms with Crippen LogP contribution in [0.4, 0.5) is 0 Å².